The van der Waals surface area contributed by atoms with Crippen molar-refractivity contribution in [3.8, 4) is 11.1 Å². The molecule has 2 rings (SSSR count). The number of anilines is 1. The van der Waals surface area contributed by atoms with Gasteiger partial charge in [-0.1, -0.05) is 26.8 Å². The molecular weight excluding hydrogens is 222 g/mol. The van der Waals surface area contributed by atoms with Gasteiger partial charge in [0.15, 0.2) is 0 Å². The first-order chi connectivity index (χ1) is 8.52. The Morgan fingerprint density at radius 1 is 1.33 bits per heavy atom. The van der Waals surface area contributed by atoms with E-state index in [2.05, 4.69) is 44.2 Å². The Balaban J connectivity index is 2.54. The number of aromatic nitrogens is 2. The van der Waals surface area contributed by atoms with Gasteiger partial charge in [-0.25, -0.2) is 0 Å². The summed E-state index contributed by atoms with van der Waals surface area (Å²) in [5.74, 6) is 0.420. The Morgan fingerprint density at radius 3 is 2.67 bits per heavy atom. The highest BCUT2D eigenvalue weighted by Crippen LogP contribution is 2.30. The first-order valence-corrected chi connectivity index (χ1v) is 6.45. The predicted molar refractivity (Wildman–Crippen MR) is 76.5 cm³/mol. The Labute approximate surface area is 109 Å². The summed E-state index contributed by atoms with van der Waals surface area (Å²) < 4.78 is 1.88. The average Bonchev–Trinajstić information content (AvgIpc) is 2.72. The van der Waals surface area contributed by atoms with Gasteiger partial charge in [0, 0.05) is 24.5 Å². The number of nitrogen functional groups attached to an aromatic ring is 1. The molecule has 1 aromatic carbocycles. The highest BCUT2D eigenvalue weighted by atomic mass is 15.3. The fourth-order valence-corrected chi connectivity index (χ4v) is 2.23. The number of benzene rings is 1. The number of aryl methyl sites for hydroxylation is 2. The Morgan fingerprint density at radius 2 is 2.06 bits per heavy atom. The van der Waals surface area contributed by atoms with E-state index in [4.69, 9.17) is 5.73 Å². The molecule has 2 N–H and O–H groups in total. The van der Waals surface area contributed by atoms with Crippen molar-refractivity contribution in [1.29, 1.82) is 0 Å². The van der Waals surface area contributed by atoms with Crippen LogP contribution in [0, 0.1) is 0 Å². The van der Waals surface area contributed by atoms with E-state index >= 15 is 0 Å². The van der Waals surface area contributed by atoms with Crippen molar-refractivity contribution in [2.75, 3.05) is 5.73 Å². The average molecular weight is 243 g/mol. The van der Waals surface area contributed by atoms with Crippen LogP contribution in [0.1, 0.15) is 37.9 Å². The van der Waals surface area contributed by atoms with E-state index in [9.17, 15) is 0 Å². The maximum Gasteiger partial charge on any atom is 0.0728 e. The molecule has 3 heteroatoms. The van der Waals surface area contributed by atoms with Crippen molar-refractivity contribution >= 4 is 5.69 Å². The van der Waals surface area contributed by atoms with Crippen molar-refractivity contribution in [2.24, 2.45) is 7.05 Å². The molecule has 96 valence electrons. The molecule has 0 radical (unpaired) electrons. The standard InChI is InChI=1S/C15H21N3/c1-5-11-8-12(6-7-14(11)16)13-9-18(4)17-15(13)10(2)3/h6-10H,5,16H2,1-4H3. The number of hydrogen-bond donors (Lipinski definition) is 1. The summed E-state index contributed by atoms with van der Waals surface area (Å²) in [5, 5.41) is 4.55. The van der Waals surface area contributed by atoms with Gasteiger partial charge in [-0.2, -0.15) is 5.10 Å². The van der Waals surface area contributed by atoms with Crippen LogP contribution in [0.15, 0.2) is 24.4 Å². The zero-order chi connectivity index (χ0) is 13.3. The highest BCUT2D eigenvalue weighted by molar-refractivity contribution is 5.69. The van der Waals surface area contributed by atoms with Gasteiger partial charge in [-0.3, -0.25) is 4.68 Å². The molecule has 0 aliphatic carbocycles. The molecule has 2 aromatic rings. The van der Waals surface area contributed by atoms with Crippen LogP contribution < -0.4 is 5.73 Å². The van der Waals surface area contributed by atoms with Gasteiger partial charge in [0.2, 0.25) is 0 Å². The maximum atomic E-state index is 5.96. The lowest BCUT2D eigenvalue weighted by Crippen LogP contribution is -1.95. The van der Waals surface area contributed by atoms with Crippen LogP contribution in [0.5, 0.6) is 0 Å². The molecule has 0 aliphatic heterocycles. The van der Waals surface area contributed by atoms with Crippen LogP contribution in [-0.4, -0.2) is 9.78 Å². The van der Waals surface area contributed by atoms with E-state index < -0.39 is 0 Å². The Hall–Kier alpha value is -1.77. The van der Waals surface area contributed by atoms with E-state index in [0.29, 0.717) is 5.92 Å². The van der Waals surface area contributed by atoms with Gasteiger partial charge in [0.25, 0.3) is 0 Å². The second-order valence-corrected chi connectivity index (χ2v) is 5.02. The van der Waals surface area contributed by atoms with Crippen molar-refractivity contribution in [3.05, 3.63) is 35.7 Å². The smallest absolute Gasteiger partial charge is 0.0728 e. The van der Waals surface area contributed by atoms with E-state index in [-0.39, 0.29) is 0 Å². The summed E-state index contributed by atoms with van der Waals surface area (Å²) in [6.45, 7) is 6.47. The maximum absolute atomic E-state index is 5.96. The molecule has 3 nitrogen and oxygen atoms in total. The third kappa shape index (κ3) is 2.26. The molecule has 0 atom stereocenters. The summed E-state index contributed by atoms with van der Waals surface area (Å²) in [6, 6.07) is 6.25. The Bertz CT molecular complexity index is 553. The lowest BCUT2D eigenvalue weighted by molar-refractivity contribution is 0.713. The minimum atomic E-state index is 0.420. The molecule has 0 saturated carbocycles. The highest BCUT2D eigenvalue weighted by Gasteiger charge is 2.13. The zero-order valence-corrected chi connectivity index (χ0v) is 11.6. The van der Waals surface area contributed by atoms with Crippen molar-refractivity contribution in [3.63, 3.8) is 0 Å². The number of nitrogens with zero attached hydrogens (tertiary/aromatic N) is 2. The topological polar surface area (TPSA) is 43.8 Å². The third-order valence-electron chi connectivity index (χ3n) is 3.24. The first-order valence-electron chi connectivity index (χ1n) is 6.45. The lowest BCUT2D eigenvalue weighted by Gasteiger charge is -2.08. The van der Waals surface area contributed by atoms with E-state index in [1.54, 1.807) is 0 Å². The molecule has 0 spiro atoms. The van der Waals surface area contributed by atoms with E-state index in [1.807, 2.05) is 17.8 Å². The molecule has 0 unspecified atom stereocenters. The van der Waals surface area contributed by atoms with Crippen LogP contribution in [0.25, 0.3) is 11.1 Å². The molecule has 1 aromatic heterocycles. The minimum absolute atomic E-state index is 0.420. The van der Waals surface area contributed by atoms with Gasteiger partial charge in [0.05, 0.1) is 5.69 Å². The van der Waals surface area contributed by atoms with Crippen LogP contribution in [0.2, 0.25) is 0 Å². The normalized spacial score (nSPS) is 11.2. The Kier molecular flexibility index (Phi) is 3.41. The molecule has 18 heavy (non-hydrogen) atoms. The van der Waals surface area contributed by atoms with E-state index in [0.717, 1.165) is 17.8 Å². The van der Waals surface area contributed by atoms with Gasteiger partial charge in [0.1, 0.15) is 0 Å². The van der Waals surface area contributed by atoms with Crippen LogP contribution in [0.3, 0.4) is 0 Å². The summed E-state index contributed by atoms with van der Waals surface area (Å²) in [7, 11) is 1.97. The number of rotatable bonds is 3. The van der Waals surface area contributed by atoms with Crippen LogP contribution in [0.4, 0.5) is 5.69 Å². The van der Waals surface area contributed by atoms with Gasteiger partial charge < -0.3 is 5.73 Å². The summed E-state index contributed by atoms with van der Waals surface area (Å²) in [5.41, 5.74) is 11.6. The number of hydrogen-bond acceptors (Lipinski definition) is 2. The van der Waals surface area contributed by atoms with Crippen molar-refractivity contribution in [2.45, 2.75) is 33.1 Å². The molecule has 1 heterocycles. The second kappa shape index (κ2) is 4.84. The largest absolute Gasteiger partial charge is 0.399 e. The minimum Gasteiger partial charge on any atom is -0.399 e. The SMILES string of the molecule is CCc1cc(-c2cn(C)nc2C(C)C)ccc1N. The summed E-state index contributed by atoms with van der Waals surface area (Å²) in [6.07, 6.45) is 3.04. The summed E-state index contributed by atoms with van der Waals surface area (Å²) >= 11 is 0. The fourth-order valence-electron chi connectivity index (χ4n) is 2.23. The second-order valence-electron chi connectivity index (χ2n) is 5.02. The first kappa shape index (κ1) is 12.7. The van der Waals surface area contributed by atoms with Gasteiger partial charge in [-0.05, 0) is 35.6 Å². The molecule has 0 saturated heterocycles. The van der Waals surface area contributed by atoms with Crippen LogP contribution >= 0.6 is 0 Å². The van der Waals surface area contributed by atoms with Gasteiger partial charge >= 0.3 is 0 Å². The molecule has 0 bridgehead atoms. The quantitative estimate of drug-likeness (QED) is 0.840. The van der Waals surface area contributed by atoms with Crippen LogP contribution in [-0.2, 0) is 13.5 Å². The molecule has 0 fully saturated rings. The monoisotopic (exact) mass is 243 g/mol. The lowest BCUT2D eigenvalue weighted by atomic mass is 9.97. The molecule has 0 aliphatic rings. The molecule has 0 amide bonds. The predicted octanol–water partition coefficient (Wildman–Crippen LogP) is 3.36. The van der Waals surface area contributed by atoms with Gasteiger partial charge in [-0.15, -0.1) is 0 Å². The third-order valence-corrected chi connectivity index (χ3v) is 3.24. The number of nitrogens with two attached hydrogens (primary N) is 1. The summed E-state index contributed by atoms with van der Waals surface area (Å²) in [4.78, 5) is 0. The van der Waals surface area contributed by atoms with Crippen molar-refractivity contribution in [1.82, 2.24) is 9.78 Å². The van der Waals surface area contributed by atoms with Crippen molar-refractivity contribution < 1.29 is 0 Å². The van der Waals surface area contributed by atoms with E-state index in [1.165, 1.54) is 16.7 Å². The zero-order valence-electron chi connectivity index (χ0n) is 11.6. The molecular formula is C15H21N3. The fraction of sp³-hybridized carbons (Fsp3) is 0.400.